The lowest BCUT2D eigenvalue weighted by Gasteiger charge is -2.25. The molecule has 1 aliphatic heterocycles. The molecule has 0 saturated carbocycles. The summed E-state index contributed by atoms with van der Waals surface area (Å²) >= 11 is 6.28. The van der Waals surface area contributed by atoms with Crippen molar-refractivity contribution in [3.63, 3.8) is 0 Å². The predicted octanol–water partition coefficient (Wildman–Crippen LogP) is 3.91. The quantitative estimate of drug-likeness (QED) is 0.445. The second kappa shape index (κ2) is 10.5. The molecule has 0 spiro atoms. The number of benzene rings is 3. The van der Waals surface area contributed by atoms with Crippen molar-refractivity contribution in [3.05, 3.63) is 70.7 Å². The maximum absolute atomic E-state index is 13.8. The highest BCUT2D eigenvalue weighted by molar-refractivity contribution is 7.93. The van der Waals surface area contributed by atoms with E-state index in [2.05, 4.69) is 5.32 Å². The van der Waals surface area contributed by atoms with Gasteiger partial charge in [0, 0.05) is 6.54 Å². The van der Waals surface area contributed by atoms with Crippen molar-refractivity contribution >= 4 is 33.2 Å². The van der Waals surface area contributed by atoms with Gasteiger partial charge in [-0.2, -0.15) is 0 Å². The second-order valence-corrected chi connectivity index (χ2v) is 10.2. The molecule has 0 aliphatic carbocycles. The number of fused-ring (bicyclic) bond motifs is 1. The lowest BCUT2D eigenvalue weighted by atomic mass is 10.2. The number of hydrogen-bond acceptors (Lipinski definition) is 7. The maximum atomic E-state index is 13.8. The van der Waals surface area contributed by atoms with E-state index in [1.54, 1.807) is 37.3 Å². The Bertz CT molecular complexity index is 1400. The first-order valence-electron chi connectivity index (χ1n) is 10.9. The van der Waals surface area contributed by atoms with Crippen molar-refractivity contribution in [1.82, 2.24) is 5.32 Å². The Hall–Kier alpha value is -3.63. The van der Waals surface area contributed by atoms with Crippen LogP contribution in [0.15, 0.2) is 59.5 Å². The summed E-state index contributed by atoms with van der Waals surface area (Å²) in [6.45, 7) is 1.59. The molecule has 0 saturated heterocycles. The van der Waals surface area contributed by atoms with E-state index in [0.717, 1.165) is 9.87 Å². The van der Waals surface area contributed by atoms with Crippen LogP contribution in [0.3, 0.4) is 0 Å². The third-order valence-corrected chi connectivity index (χ3v) is 7.61. The Balaban J connectivity index is 1.63. The molecule has 1 N–H and O–H groups in total. The zero-order valence-corrected chi connectivity index (χ0v) is 21.5. The minimum Gasteiger partial charge on any atom is -0.495 e. The van der Waals surface area contributed by atoms with Crippen LogP contribution in [-0.2, 0) is 21.4 Å². The van der Waals surface area contributed by atoms with E-state index in [4.69, 9.17) is 30.5 Å². The van der Waals surface area contributed by atoms with Gasteiger partial charge in [-0.25, -0.2) is 8.42 Å². The van der Waals surface area contributed by atoms with E-state index in [1.807, 2.05) is 0 Å². The molecule has 11 heteroatoms. The van der Waals surface area contributed by atoms with Gasteiger partial charge in [0.15, 0.2) is 11.5 Å². The average molecular weight is 533 g/mol. The number of sulfonamides is 1. The molecule has 0 aromatic heterocycles. The molecule has 3 aromatic rings. The molecule has 0 fully saturated rings. The van der Waals surface area contributed by atoms with E-state index in [-0.39, 0.29) is 34.7 Å². The van der Waals surface area contributed by atoms with Crippen LogP contribution in [0.2, 0.25) is 5.02 Å². The number of carbonyl (C=O) groups excluding carboxylic acids is 1. The molecule has 4 rings (SSSR count). The highest BCUT2D eigenvalue weighted by atomic mass is 35.5. The number of nitrogens with one attached hydrogen (secondary N) is 1. The second-order valence-electron chi connectivity index (χ2n) is 7.95. The van der Waals surface area contributed by atoms with Gasteiger partial charge in [0.2, 0.25) is 12.7 Å². The lowest BCUT2D eigenvalue weighted by molar-refractivity contribution is -0.119. The molecular formula is C25H25ClN2O7S. The number of methoxy groups -OCH3 is 2. The van der Waals surface area contributed by atoms with Gasteiger partial charge in [-0.05, 0) is 60.5 Å². The summed E-state index contributed by atoms with van der Waals surface area (Å²) in [6, 6.07) is 14.6. The standard InChI is InChI=1S/C25H25ClN2O7S/c1-16-4-7-22(33-3)24(10-16)36(30,31)28(18-6-9-20(32-2)19(26)12-18)14-25(29)27-13-17-5-8-21-23(11-17)35-15-34-21/h4-12H,13-15H2,1-3H3,(H,27,29). The summed E-state index contributed by atoms with van der Waals surface area (Å²) in [7, 11) is -1.39. The molecule has 0 radical (unpaired) electrons. The summed E-state index contributed by atoms with van der Waals surface area (Å²) in [5, 5.41) is 2.96. The highest BCUT2D eigenvalue weighted by Crippen LogP contribution is 2.35. The summed E-state index contributed by atoms with van der Waals surface area (Å²) in [6.07, 6.45) is 0. The first-order chi connectivity index (χ1) is 17.2. The van der Waals surface area contributed by atoms with E-state index >= 15 is 0 Å². The molecular weight excluding hydrogens is 508 g/mol. The van der Waals surface area contributed by atoms with Crippen LogP contribution < -0.4 is 28.6 Å². The molecule has 36 heavy (non-hydrogen) atoms. The number of amides is 1. The molecule has 1 heterocycles. The van der Waals surface area contributed by atoms with Gasteiger partial charge < -0.3 is 24.3 Å². The minimum absolute atomic E-state index is 0.0690. The van der Waals surface area contributed by atoms with Crippen LogP contribution >= 0.6 is 11.6 Å². The summed E-state index contributed by atoms with van der Waals surface area (Å²) in [5.41, 5.74) is 1.69. The fourth-order valence-electron chi connectivity index (χ4n) is 3.67. The van der Waals surface area contributed by atoms with Crippen LogP contribution in [0.4, 0.5) is 5.69 Å². The zero-order chi connectivity index (χ0) is 25.9. The third-order valence-electron chi connectivity index (χ3n) is 5.52. The fraction of sp³-hybridized carbons (Fsp3) is 0.240. The Kier molecular flexibility index (Phi) is 7.46. The van der Waals surface area contributed by atoms with Gasteiger partial charge in [0.05, 0.1) is 24.9 Å². The topological polar surface area (TPSA) is 103 Å². The van der Waals surface area contributed by atoms with Crippen molar-refractivity contribution in [2.75, 3.05) is 31.9 Å². The van der Waals surface area contributed by atoms with Crippen molar-refractivity contribution < 1.29 is 32.2 Å². The normalized spacial score (nSPS) is 12.2. The molecule has 0 atom stereocenters. The van der Waals surface area contributed by atoms with E-state index < -0.39 is 22.5 Å². The maximum Gasteiger partial charge on any atom is 0.268 e. The first kappa shape index (κ1) is 25.5. The number of rotatable bonds is 9. The van der Waals surface area contributed by atoms with Gasteiger partial charge in [-0.1, -0.05) is 23.7 Å². The van der Waals surface area contributed by atoms with Gasteiger partial charge in [-0.3, -0.25) is 9.10 Å². The first-order valence-corrected chi connectivity index (χ1v) is 12.7. The van der Waals surface area contributed by atoms with Crippen LogP contribution in [0.5, 0.6) is 23.0 Å². The number of aryl methyl sites for hydroxylation is 1. The number of halogens is 1. The number of anilines is 1. The molecule has 9 nitrogen and oxygen atoms in total. The molecule has 0 bridgehead atoms. The zero-order valence-electron chi connectivity index (χ0n) is 19.9. The van der Waals surface area contributed by atoms with Crippen molar-refractivity contribution in [1.29, 1.82) is 0 Å². The number of nitrogens with zero attached hydrogens (tertiary/aromatic N) is 1. The summed E-state index contributed by atoms with van der Waals surface area (Å²) in [4.78, 5) is 12.9. The minimum atomic E-state index is -4.23. The fourth-order valence-corrected chi connectivity index (χ4v) is 5.58. The number of hydrogen-bond donors (Lipinski definition) is 1. The van der Waals surface area contributed by atoms with Gasteiger partial charge in [-0.15, -0.1) is 0 Å². The molecule has 3 aromatic carbocycles. The van der Waals surface area contributed by atoms with E-state index in [1.165, 1.54) is 38.5 Å². The highest BCUT2D eigenvalue weighted by Gasteiger charge is 2.31. The van der Waals surface area contributed by atoms with Crippen LogP contribution in [0, 0.1) is 6.92 Å². The van der Waals surface area contributed by atoms with Crippen LogP contribution in [-0.4, -0.2) is 41.9 Å². The Morgan fingerprint density at radius 1 is 1.00 bits per heavy atom. The predicted molar refractivity (Wildman–Crippen MR) is 135 cm³/mol. The Morgan fingerprint density at radius 2 is 1.72 bits per heavy atom. The van der Waals surface area contributed by atoms with E-state index in [0.29, 0.717) is 22.8 Å². The Morgan fingerprint density at radius 3 is 2.44 bits per heavy atom. The number of carbonyl (C=O) groups is 1. The molecule has 0 unspecified atom stereocenters. The third kappa shape index (κ3) is 5.29. The monoisotopic (exact) mass is 532 g/mol. The van der Waals surface area contributed by atoms with E-state index in [9.17, 15) is 13.2 Å². The van der Waals surface area contributed by atoms with Crippen molar-refractivity contribution in [2.45, 2.75) is 18.4 Å². The smallest absolute Gasteiger partial charge is 0.268 e. The number of ether oxygens (including phenoxy) is 4. The summed E-state index contributed by atoms with van der Waals surface area (Å²) < 4.78 is 49.8. The SMILES string of the molecule is COc1ccc(N(CC(=O)NCc2ccc3c(c2)OCO3)S(=O)(=O)c2cc(C)ccc2OC)cc1Cl. The Labute approximate surface area is 214 Å². The van der Waals surface area contributed by atoms with Crippen molar-refractivity contribution in [3.8, 4) is 23.0 Å². The average Bonchev–Trinajstić information content (AvgIpc) is 3.34. The van der Waals surface area contributed by atoms with Gasteiger partial charge in [0.25, 0.3) is 10.0 Å². The van der Waals surface area contributed by atoms with Gasteiger partial charge >= 0.3 is 0 Å². The summed E-state index contributed by atoms with van der Waals surface area (Å²) in [5.74, 6) is 1.23. The largest absolute Gasteiger partial charge is 0.495 e. The van der Waals surface area contributed by atoms with Crippen molar-refractivity contribution in [2.24, 2.45) is 0 Å². The van der Waals surface area contributed by atoms with Gasteiger partial charge in [0.1, 0.15) is 22.9 Å². The molecule has 1 aliphatic rings. The van der Waals surface area contributed by atoms with Crippen LogP contribution in [0.25, 0.3) is 0 Å². The lowest BCUT2D eigenvalue weighted by Crippen LogP contribution is -2.40. The molecule has 190 valence electrons. The molecule has 1 amide bonds. The van der Waals surface area contributed by atoms with Crippen LogP contribution in [0.1, 0.15) is 11.1 Å².